The topological polar surface area (TPSA) is 88.1 Å². The first-order valence-electron chi connectivity index (χ1n) is 6.60. The number of nitrogens with two attached hydrogens (primary N) is 1. The Bertz CT molecular complexity index is 457. The van der Waals surface area contributed by atoms with E-state index in [0.29, 0.717) is 18.7 Å². The lowest BCUT2D eigenvalue weighted by atomic mass is 10.2. The molecule has 0 saturated heterocycles. The van der Waals surface area contributed by atoms with Gasteiger partial charge in [-0.1, -0.05) is 12.1 Å². The normalized spacial score (nSPS) is 11.2. The van der Waals surface area contributed by atoms with Crippen LogP contribution in [-0.2, 0) is 0 Å². The molecular formula is C14H21N3O3. The smallest absolute Gasteiger partial charge is 0.254 e. The van der Waals surface area contributed by atoms with Gasteiger partial charge in [0.05, 0.1) is 13.2 Å². The van der Waals surface area contributed by atoms with E-state index in [1.165, 1.54) is 0 Å². The number of rotatable bonds is 7. The van der Waals surface area contributed by atoms with Gasteiger partial charge < -0.3 is 20.6 Å². The number of ether oxygens (including phenoxy) is 1. The summed E-state index contributed by atoms with van der Waals surface area (Å²) in [4.78, 5) is 13.9. The number of nitrogens with zero attached hydrogens (tertiary/aromatic N) is 2. The molecule has 0 heterocycles. The molecule has 0 aliphatic carbocycles. The summed E-state index contributed by atoms with van der Waals surface area (Å²) in [6.45, 7) is 5.10. The van der Waals surface area contributed by atoms with E-state index >= 15 is 0 Å². The SMILES string of the molecule is CCCN(CC(N)=NO)C(=O)c1ccc(OCC)cc1. The number of carbonyl (C=O) groups is 1. The summed E-state index contributed by atoms with van der Waals surface area (Å²) in [7, 11) is 0. The highest BCUT2D eigenvalue weighted by atomic mass is 16.5. The van der Waals surface area contributed by atoms with Crippen molar-refractivity contribution < 1.29 is 14.7 Å². The van der Waals surface area contributed by atoms with Crippen molar-refractivity contribution in [2.24, 2.45) is 10.9 Å². The second-order valence-electron chi connectivity index (χ2n) is 4.28. The number of hydrogen-bond donors (Lipinski definition) is 2. The van der Waals surface area contributed by atoms with Crippen LogP contribution in [0.5, 0.6) is 5.75 Å². The molecule has 1 aromatic rings. The van der Waals surface area contributed by atoms with Gasteiger partial charge in [0.15, 0.2) is 5.84 Å². The van der Waals surface area contributed by atoms with Crippen LogP contribution in [-0.4, -0.2) is 41.5 Å². The Kier molecular flexibility index (Phi) is 6.36. The summed E-state index contributed by atoms with van der Waals surface area (Å²) >= 11 is 0. The lowest BCUT2D eigenvalue weighted by molar-refractivity contribution is 0.0778. The lowest BCUT2D eigenvalue weighted by Crippen LogP contribution is -2.39. The van der Waals surface area contributed by atoms with Crippen LogP contribution in [0.4, 0.5) is 0 Å². The molecule has 0 spiro atoms. The molecule has 0 saturated carbocycles. The van der Waals surface area contributed by atoms with Gasteiger partial charge in [0.1, 0.15) is 5.75 Å². The highest BCUT2D eigenvalue weighted by molar-refractivity contribution is 5.97. The molecule has 0 aliphatic heterocycles. The molecule has 1 aromatic carbocycles. The molecule has 1 amide bonds. The number of hydrogen-bond acceptors (Lipinski definition) is 4. The fourth-order valence-corrected chi connectivity index (χ4v) is 1.79. The van der Waals surface area contributed by atoms with Crippen LogP contribution in [0.25, 0.3) is 0 Å². The van der Waals surface area contributed by atoms with Gasteiger partial charge in [-0.25, -0.2) is 0 Å². The van der Waals surface area contributed by atoms with Gasteiger partial charge in [0.25, 0.3) is 5.91 Å². The third-order valence-electron chi connectivity index (χ3n) is 2.67. The van der Waals surface area contributed by atoms with Gasteiger partial charge in [-0.2, -0.15) is 0 Å². The molecule has 0 fully saturated rings. The van der Waals surface area contributed by atoms with Crippen molar-refractivity contribution >= 4 is 11.7 Å². The fraction of sp³-hybridized carbons (Fsp3) is 0.429. The zero-order valence-corrected chi connectivity index (χ0v) is 11.9. The maximum absolute atomic E-state index is 12.3. The molecule has 0 radical (unpaired) electrons. The van der Waals surface area contributed by atoms with Crippen LogP contribution < -0.4 is 10.5 Å². The third-order valence-corrected chi connectivity index (χ3v) is 2.67. The van der Waals surface area contributed by atoms with Gasteiger partial charge in [-0.3, -0.25) is 4.79 Å². The predicted molar refractivity (Wildman–Crippen MR) is 77.2 cm³/mol. The number of amidine groups is 1. The highest BCUT2D eigenvalue weighted by Gasteiger charge is 2.16. The van der Waals surface area contributed by atoms with Crippen LogP contribution >= 0.6 is 0 Å². The maximum atomic E-state index is 12.3. The van der Waals surface area contributed by atoms with Gasteiger partial charge in [0.2, 0.25) is 0 Å². The van der Waals surface area contributed by atoms with Crippen molar-refractivity contribution in [3.63, 3.8) is 0 Å². The molecule has 0 aromatic heterocycles. The zero-order valence-electron chi connectivity index (χ0n) is 11.9. The largest absolute Gasteiger partial charge is 0.494 e. The van der Waals surface area contributed by atoms with Gasteiger partial charge in [-0.15, -0.1) is 0 Å². The number of benzene rings is 1. The van der Waals surface area contributed by atoms with Crippen molar-refractivity contribution in [3.05, 3.63) is 29.8 Å². The summed E-state index contributed by atoms with van der Waals surface area (Å²) in [5, 5.41) is 11.5. The molecule has 0 aliphatic rings. The van der Waals surface area contributed by atoms with Gasteiger partial charge >= 0.3 is 0 Å². The van der Waals surface area contributed by atoms with Crippen molar-refractivity contribution in [3.8, 4) is 5.75 Å². The molecule has 3 N–H and O–H groups in total. The first-order chi connectivity index (χ1) is 9.62. The summed E-state index contributed by atoms with van der Waals surface area (Å²) < 4.78 is 5.33. The lowest BCUT2D eigenvalue weighted by Gasteiger charge is -2.21. The van der Waals surface area contributed by atoms with Gasteiger partial charge in [0, 0.05) is 12.1 Å². The standard InChI is InChI=1S/C14H21N3O3/c1-3-9-17(10-13(15)16-19)14(18)11-5-7-12(8-6-11)20-4-2/h5-8,19H,3-4,9-10H2,1-2H3,(H2,15,16). The quantitative estimate of drug-likeness (QED) is 0.344. The number of oxime groups is 1. The average molecular weight is 279 g/mol. The van der Waals surface area contributed by atoms with Crippen LogP contribution in [0, 0.1) is 0 Å². The Morgan fingerprint density at radius 3 is 2.50 bits per heavy atom. The molecule has 0 bridgehead atoms. The Morgan fingerprint density at radius 1 is 1.35 bits per heavy atom. The van der Waals surface area contributed by atoms with E-state index < -0.39 is 0 Å². The Labute approximate surface area is 118 Å². The Morgan fingerprint density at radius 2 is 2.00 bits per heavy atom. The van der Waals surface area contributed by atoms with Crippen LogP contribution in [0.2, 0.25) is 0 Å². The van der Waals surface area contributed by atoms with E-state index in [1.54, 1.807) is 29.2 Å². The average Bonchev–Trinajstić information content (AvgIpc) is 2.47. The number of carbonyl (C=O) groups excluding carboxylic acids is 1. The van der Waals surface area contributed by atoms with E-state index in [0.717, 1.165) is 12.2 Å². The second kappa shape index (κ2) is 8.04. The Balaban J connectivity index is 2.82. The maximum Gasteiger partial charge on any atom is 0.254 e. The first kappa shape index (κ1) is 15.8. The number of amides is 1. The van der Waals surface area contributed by atoms with Crippen LogP contribution in [0.1, 0.15) is 30.6 Å². The summed E-state index contributed by atoms with van der Waals surface area (Å²) in [6, 6.07) is 6.93. The molecule has 20 heavy (non-hydrogen) atoms. The fourth-order valence-electron chi connectivity index (χ4n) is 1.79. The molecule has 6 nitrogen and oxygen atoms in total. The minimum absolute atomic E-state index is 0.0118. The predicted octanol–water partition coefficient (Wildman–Crippen LogP) is 1.68. The summed E-state index contributed by atoms with van der Waals surface area (Å²) in [5.74, 6) is 0.585. The third kappa shape index (κ3) is 4.46. The van der Waals surface area contributed by atoms with E-state index in [-0.39, 0.29) is 18.3 Å². The summed E-state index contributed by atoms with van der Waals surface area (Å²) in [6.07, 6.45) is 0.793. The zero-order chi connectivity index (χ0) is 15.0. The Hall–Kier alpha value is -2.24. The monoisotopic (exact) mass is 279 g/mol. The molecule has 110 valence electrons. The highest BCUT2D eigenvalue weighted by Crippen LogP contribution is 2.14. The van der Waals surface area contributed by atoms with Crippen molar-refractivity contribution in [1.82, 2.24) is 4.90 Å². The molecular weight excluding hydrogens is 258 g/mol. The van der Waals surface area contributed by atoms with Crippen molar-refractivity contribution in [2.75, 3.05) is 19.7 Å². The molecule has 6 heteroatoms. The van der Waals surface area contributed by atoms with Crippen LogP contribution in [0.15, 0.2) is 29.4 Å². The minimum Gasteiger partial charge on any atom is -0.494 e. The van der Waals surface area contributed by atoms with E-state index in [2.05, 4.69) is 5.16 Å². The van der Waals surface area contributed by atoms with Crippen molar-refractivity contribution in [1.29, 1.82) is 0 Å². The van der Waals surface area contributed by atoms with Crippen LogP contribution in [0.3, 0.4) is 0 Å². The minimum atomic E-state index is -0.151. The van der Waals surface area contributed by atoms with Crippen molar-refractivity contribution in [2.45, 2.75) is 20.3 Å². The molecule has 1 rings (SSSR count). The van der Waals surface area contributed by atoms with E-state index in [1.807, 2.05) is 13.8 Å². The van der Waals surface area contributed by atoms with Gasteiger partial charge in [-0.05, 0) is 37.6 Å². The molecule has 0 atom stereocenters. The first-order valence-corrected chi connectivity index (χ1v) is 6.60. The van der Waals surface area contributed by atoms with E-state index in [4.69, 9.17) is 15.7 Å². The van der Waals surface area contributed by atoms with E-state index in [9.17, 15) is 4.79 Å². The molecule has 0 unspecified atom stereocenters. The summed E-state index contributed by atoms with van der Waals surface area (Å²) in [5.41, 5.74) is 6.02. The second-order valence-corrected chi connectivity index (χ2v) is 4.28.